The highest BCUT2D eigenvalue weighted by molar-refractivity contribution is 5.65. The van der Waals surface area contributed by atoms with Crippen LogP contribution in [0.15, 0.2) is 18.3 Å². The molecule has 0 aliphatic heterocycles. The first kappa shape index (κ1) is 12.5. The second-order valence-corrected chi connectivity index (χ2v) is 4.86. The maximum absolute atomic E-state index is 11.1. The smallest absolute Gasteiger partial charge is 0.408 e. The van der Waals surface area contributed by atoms with Crippen LogP contribution < -0.4 is 0 Å². The molecule has 88 valence electrons. The summed E-state index contributed by atoms with van der Waals surface area (Å²) >= 11 is 0. The summed E-state index contributed by atoms with van der Waals surface area (Å²) in [5.41, 5.74) is 1.44. The molecule has 1 N–H and O–H groups in total. The predicted octanol–water partition coefficient (Wildman–Crippen LogP) is 2.67. The summed E-state index contributed by atoms with van der Waals surface area (Å²) in [7, 11) is 0. The molecule has 0 aliphatic rings. The minimum absolute atomic E-state index is 0.320. The van der Waals surface area contributed by atoms with E-state index in [0.717, 1.165) is 11.3 Å². The summed E-state index contributed by atoms with van der Waals surface area (Å²) in [5.74, 6) is 0. The fraction of sp³-hybridized carbons (Fsp3) is 0.500. The highest BCUT2D eigenvalue weighted by Crippen LogP contribution is 2.16. The second-order valence-electron chi connectivity index (χ2n) is 4.86. The molecule has 0 saturated carbocycles. The highest BCUT2D eigenvalue weighted by atomic mass is 16.4. The van der Waals surface area contributed by atoms with Gasteiger partial charge in [0.2, 0.25) is 0 Å². The number of aryl methyl sites for hydroxylation is 1. The minimum Gasteiger partial charge on any atom is -0.465 e. The molecule has 1 aromatic rings. The van der Waals surface area contributed by atoms with Crippen LogP contribution in [0.1, 0.15) is 32.0 Å². The number of rotatable bonds is 2. The Bertz CT molecular complexity index is 383. The van der Waals surface area contributed by atoms with E-state index in [4.69, 9.17) is 5.11 Å². The number of amides is 1. The molecule has 0 unspecified atom stereocenters. The lowest BCUT2D eigenvalue weighted by Crippen LogP contribution is -2.44. The van der Waals surface area contributed by atoms with Gasteiger partial charge in [-0.15, -0.1) is 0 Å². The molecule has 0 aromatic carbocycles. The third kappa shape index (κ3) is 3.22. The molecule has 1 aromatic heterocycles. The van der Waals surface area contributed by atoms with E-state index in [1.54, 1.807) is 6.20 Å². The Morgan fingerprint density at radius 3 is 2.56 bits per heavy atom. The number of aromatic nitrogens is 1. The zero-order valence-electron chi connectivity index (χ0n) is 10.2. The number of hydrogen-bond donors (Lipinski definition) is 1. The average Bonchev–Trinajstić information content (AvgIpc) is 2.12. The quantitative estimate of drug-likeness (QED) is 0.837. The van der Waals surface area contributed by atoms with Gasteiger partial charge in [-0.2, -0.15) is 0 Å². The van der Waals surface area contributed by atoms with Crippen LogP contribution in [-0.2, 0) is 6.54 Å². The molecule has 1 amide bonds. The number of carbonyl (C=O) groups is 1. The standard InChI is InChI=1S/C12H18N2O2/c1-9-5-6-13-10(7-9)8-14(11(15)16)12(2,3)4/h5-7H,8H2,1-4H3,(H,15,16). The number of carboxylic acid groups (broad SMARTS) is 1. The monoisotopic (exact) mass is 222 g/mol. The molecule has 0 fully saturated rings. The first-order chi connectivity index (χ1) is 7.30. The van der Waals surface area contributed by atoms with Gasteiger partial charge in [0.1, 0.15) is 0 Å². The van der Waals surface area contributed by atoms with Gasteiger partial charge in [-0.05, 0) is 45.4 Å². The number of pyridine rings is 1. The van der Waals surface area contributed by atoms with Crippen molar-refractivity contribution in [2.24, 2.45) is 0 Å². The van der Waals surface area contributed by atoms with E-state index < -0.39 is 11.6 Å². The molecule has 1 rings (SSSR count). The Kier molecular flexibility index (Phi) is 3.52. The van der Waals surface area contributed by atoms with E-state index in [2.05, 4.69) is 4.98 Å². The van der Waals surface area contributed by atoms with Crippen molar-refractivity contribution in [2.75, 3.05) is 0 Å². The third-order valence-corrected chi connectivity index (χ3v) is 2.33. The van der Waals surface area contributed by atoms with Crippen LogP contribution in [0.25, 0.3) is 0 Å². The van der Waals surface area contributed by atoms with Gasteiger partial charge in [-0.25, -0.2) is 4.79 Å². The lowest BCUT2D eigenvalue weighted by Gasteiger charge is -2.32. The zero-order valence-corrected chi connectivity index (χ0v) is 10.2. The minimum atomic E-state index is -0.921. The Hall–Kier alpha value is -1.58. The van der Waals surface area contributed by atoms with Crippen molar-refractivity contribution < 1.29 is 9.90 Å². The van der Waals surface area contributed by atoms with Crippen LogP contribution in [0.5, 0.6) is 0 Å². The highest BCUT2D eigenvalue weighted by Gasteiger charge is 2.26. The molecule has 0 radical (unpaired) electrons. The van der Waals surface area contributed by atoms with Crippen LogP contribution in [0.4, 0.5) is 4.79 Å². The Morgan fingerprint density at radius 1 is 1.50 bits per heavy atom. The van der Waals surface area contributed by atoms with Gasteiger partial charge in [0, 0.05) is 11.7 Å². The van der Waals surface area contributed by atoms with Crippen molar-refractivity contribution in [2.45, 2.75) is 39.8 Å². The van der Waals surface area contributed by atoms with Gasteiger partial charge in [0.05, 0.1) is 12.2 Å². The largest absolute Gasteiger partial charge is 0.465 e. The zero-order chi connectivity index (χ0) is 12.3. The van der Waals surface area contributed by atoms with Gasteiger partial charge < -0.3 is 5.11 Å². The Morgan fingerprint density at radius 2 is 2.12 bits per heavy atom. The summed E-state index contributed by atoms with van der Waals surface area (Å²) < 4.78 is 0. The molecule has 0 bridgehead atoms. The lowest BCUT2D eigenvalue weighted by atomic mass is 10.1. The van der Waals surface area contributed by atoms with Gasteiger partial charge in [0.15, 0.2) is 0 Å². The van der Waals surface area contributed by atoms with E-state index >= 15 is 0 Å². The van der Waals surface area contributed by atoms with E-state index in [-0.39, 0.29) is 0 Å². The van der Waals surface area contributed by atoms with E-state index in [0.29, 0.717) is 6.54 Å². The van der Waals surface area contributed by atoms with E-state index in [1.807, 2.05) is 39.8 Å². The SMILES string of the molecule is Cc1ccnc(CN(C(=O)O)C(C)(C)C)c1. The van der Waals surface area contributed by atoms with Crippen LogP contribution in [0, 0.1) is 6.92 Å². The number of nitrogens with zero attached hydrogens (tertiary/aromatic N) is 2. The first-order valence-corrected chi connectivity index (χ1v) is 5.23. The predicted molar refractivity (Wildman–Crippen MR) is 62.3 cm³/mol. The van der Waals surface area contributed by atoms with E-state index in [9.17, 15) is 4.79 Å². The molecule has 1 heterocycles. The van der Waals surface area contributed by atoms with Crippen molar-refractivity contribution in [3.8, 4) is 0 Å². The first-order valence-electron chi connectivity index (χ1n) is 5.23. The summed E-state index contributed by atoms with van der Waals surface area (Å²) in [4.78, 5) is 16.7. The molecule has 0 saturated heterocycles. The summed E-state index contributed by atoms with van der Waals surface area (Å²) in [6.45, 7) is 7.90. The van der Waals surface area contributed by atoms with Crippen molar-refractivity contribution in [3.63, 3.8) is 0 Å². The maximum Gasteiger partial charge on any atom is 0.408 e. The third-order valence-electron chi connectivity index (χ3n) is 2.33. The summed E-state index contributed by atoms with van der Waals surface area (Å²) in [6, 6.07) is 3.80. The second kappa shape index (κ2) is 4.51. The molecular weight excluding hydrogens is 204 g/mol. The fourth-order valence-electron chi connectivity index (χ4n) is 1.44. The van der Waals surface area contributed by atoms with E-state index in [1.165, 1.54) is 4.90 Å². The Labute approximate surface area is 95.9 Å². The maximum atomic E-state index is 11.1. The van der Waals surface area contributed by atoms with Crippen LogP contribution >= 0.6 is 0 Å². The topological polar surface area (TPSA) is 53.4 Å². The normalized spacial score (nSPS) is 11.2. The molecular formula is C12H18N2O2. The molecule has 4 nitrogen and oxygen atoms in total. The fourth-order valence-corrected chi connectivity index (χ4v) is 1.44. The molecule has 4 heteroatoms. The average molecular weight is 222 g/mol. The van der Waals surface area contributed by atoms with Crippen LogP contribution in [-0.4, -0.2) is 26.6 Å². The van der Waals surface area contributed by atoms with Gasteiger partial charge in [-0.3, -0.25) is 9.88 Å². The van der Waals surface area contributed by atoms with Gasteiger partial charge in [0.25, 0.3) is 0 Å². The van der Waals surface area contributed by atoms with Crippen molar-refractivity contribution >= 4 is 6.09 Å². The van der Waals surface area contributed by atoms with Crippen molar-refractivity contribution in [1.29, 1.82) is 0 Å². The summed E-state index contributed by atoms with van der Waals surface area (Å²) in [6.07, 6.45) is 0.781. The molecule has 0 spiro atoms. The van der Waals surface area contributed by atoms with Crippen molar-refractivity contribution in [1.82, 2.24) is 9.88 Å². The van der Waals surface area contributed by atoms with Crippen LogP contribution in [0.3, 0.4) is 0 Å². The van der Waals surface area contributed by atoms with Gasteiger partial charge >= 0.3 is 6.09 Å². The lowest BCUT2D eigenvalue weighted by molar-refractivity contribution is 0.0947. The molecule has 0 aliphatic carbocycles. The van der Waals surface area contributed by atoms with Crippen molar-refractivity contribution in [3.05, 3.63) is 29.6 Å². The molecule has 16 heavy (non-hydrogen) atoms. The van der Waals surface area contributed by atoms with Gasteiger partial charge in [-0.1, -0.05) is 0 Å². The van der Waals surface area contributed by atoms with Crippen LogP contribution in [0.2, 0.25) is 0 Å². The Balaban J connectivity index is 2.89. The number of hydrogen-bond acceptors (Lipinski definition) is 2. The molecule has 0 atom stereocenters. The summed E-state index contributed by atoms with van der Waals surface area (Å²) in [5, 5.41) is 9.14.